The summed E-state index contributed by atoms with van der Waals surface area (Å²) in [6.45, 7) is 2.17. The molecule has 2 N–H and O–H groups in total. The molecule has 0 saturated carbocycles. The summed E-state index contributed by atoms with van der Waals surface area (Å²) in [7, 11) is 0. The van der Waals surface area contributed by atoms with Crippen molar-refractivity contribution < 1.29 is 4.79 Å². The third-order valence-electron chi connectivity index (χ3n) is 5.38. The van der Waals surface area contributed by atoms with Crippen molar-refractivity contribution in [2.45, 2.75) is 32.2 Å². The fourth-order valence-electron chi connectivity index (χ4n) is 3.72. The Morgan fingerprint density at radius 1 is 0.871 bits per heavy atom. The summed E-state index contributed by atoms with van der Waals surface area (Å²) < 4.78 is 0. The Labute approximate surface area is 183 Å². The van der Waals surface area contributed by atoms with E-state index in [1.807, 2.05) is 78.9 Å². The highest BCUT2D eigenvalue weighted by molar-refractivity contribution is 5.99. The van der Waals surface area contributed by atoms with Crippen LogP contribution in [-0.4, -0.2) is 15.9 Å². The first-order chi connectivity index (χ1) is 15.3. The Morgan fingerprint density at radius 3 is 2.06 bits per heavy atom. The van der Waals surface area contributed by atoms with Crippen LogP contribution in [0.2, 0.25) is 0 Å². The van der Waals surface area contributed by atoms with Gasteiger partial charge in [0.05, 0.1) is 6.04 Å². The van der Waals surface area contributed by atoms with Gasteiger partial charge in [-0.05, 0) is 12.0 Å². The molecule has 1 heterocycles. The second-order valence-corrected chi connectivity index (χ2v) is 7.62. The lowest BCUT2D eigenvalue weighted by atomic mass is 10.0. The first-order valence-electron chi connectivity index (χ1n) is 10.8. The van der Waals surface area contributed by atoms with Crippen molar-refractivity contribution in [3.63, 3.8) is 0 Å². The minimum atomic E-state index is -0.140. The molecule has 4 rings (SSSR count). The summed E-state index contributed by atoms with van der Waals surface area (Å²) >= 11 is 0. The SMILES string of the molecule is CCCCC(NC(=O)c1[nH]c(-c2ccccc2)nc1-c1ccccc1)c1ccccc1. The minimum absolute atomic E-state index is 0.0410. The van der Waals surface area contributed by atoms with Crippen LogP contribution in [0.3, 0.4) is 0 Å². The second kappa shape index (κ2) is 9.90. The molecular formula is C27H27N3O. The molecule has 4 aromatic rings. The highest BCUT2D eigenvalue weighted by Crippen LogP contribution is 2.27. The topological polar surface area (TPSA) is 57.8 Å². The van der Waals surface area contributed by atoms with E-state index in [1.54, 1.807) is 0 Å². The summed E-state index contributed by atoms with van der Waals surface area (Å²) in [5, 5.41) is 3.25. The summed E-state index contributed by atoms with van der Waals surface area (Å²) in [4.78, 5) is 21.5. The molecule has 1 amide bonds. The molecule has 0 aliphatic heterocycles. The van der Waals surface area contributed by atoms with Crippen LogP contribution >= 0.6 is 0 Å². The molecule has 4 nitrogen and oxygen atoms in total. The van der Waals surface area contributed by atoms with Crippen molar-refractivity contribution in [1.29, 1.82) is 0 Å². The molecule has 0 bridgehead atoms. The number of rotatable bonds is 8. The van der Waals surface area contributed by atoms with Crippen molar-refractivity contribution in [3.05, 3.63) is 102 Å². The Kier molecular flexibility index (Phi) is 6.58. The number of nitrogens with one attached hydrogen (secondary N) is 2. The predicted octanol–water partition coefficient (Wildman–Crippen LogP) is 6.41. The maximum Gasteiger partial charge on any atom is 0.270 e. The number of hydrogen-bond acceptors (Lipinski definition) is 2. The lowest BCUT2D eigenvalue weighted by molar-refractivity contribution is 0.0930. The van der Waals surface area contributed by atoms with Gasteiger partial charge in [0.15, 0.2) is 0 Å². The summed E-state index contributed by atoms with van der Waals surface area (Å²) in [5.74, 6) is 0.549. The average Bonchev–Trinajstić information content (AvgIpc) is 3.29. The van der Waals surface area contributed by atoms with Crippen LogP contribution in [-0.2, 0) is 0 Å². The first kappa shape index (κ1) is 20.6. The van der Waals surface area contributed by atoms with Crippen LogP contribution < -0.4 is 5.32 Å². The number of imidazole rings is 1. The van der Waals surface area contributed by atoms with Gasteiger partial charge in [0.2, 0.25) is 0 Å². The number of carbonyl (C=O) groups is 1. The molecule has 0 aliphatic rings. The number of carbonyl (C=O) groups excluding carboxylic acids is 1. The molecule has 0 saturated heterocycles. The quantitative estimate of drug-likeness (QED) is 0.353. The van der Waals surface area contributed by atoms with Gasteiger partial charge >= 0.3 is 0 Å². The third-order valence-corrected chi connectivity index (χ3v) is 5.38. The molecule has 0 radical (unpaired) electrons. The monoisotopic (exact) mass is 409 g/mol. The Balaban J connectivity index is 1.69. The normalized spacial score (nSPS) is 11.8. The van der Waals surface area contributed by atoms with E-state index < -0.39 is 0 Å². The minimum Gasteiger partial charge on any atom is -0.344 e. The van der Waals surface area contributed by atoms with Gasteiger partial charge in [0.25, 0.3) is 5.91 Å². The summed E-state index contributed by atoms with van der Waals surface area (Å²) in [5.41, 5.74) is 4.13. The molecule has 0 spiro atoms. The number of aromatic amines is 1. The molecule has 31 heavy (non-hydrogen) atoms. The van der Waals surface area contributed by atoms with Crippen molar-refractivity contribution >= 4 is 5.91 Å². The van der Waals surface area contributed by atoms with E-state index in [0.717, 1.165) is 36.0 Å². The van der Waals surface area contributed by atoms with E-state index in [-0.39, 0.29) is 11.9 Å². The van der Waals surface area contributed by atoms with Crippen molar-refractivity contribution in [2.24, 2.45) is 0 Å². The summed E-state index contributed by atoms with van der Waals surface area (Å²) in [6, 6.07) is 29.8. The number of benzene rings is 3. The van der Waals surface area contributed by atoms with Crippen LogP contribution in [0.5, 0.6) is 0 Å². The highest BCUT2D eigenvalue weighted by Gasteiger charge is 2.22. The van der Waals surface area contributed by atoms with Gasteiger partial charge in [-0.3, -0.25) is 4.79 Å². The van der Waals surface area contributed by atoms with Gasteiger partial charge in [0.1, 0.15) is 17.2 Å². The van der Waals surface area contributed by atoms with Crippen molar-refractivity contribution in [1.82, 2.24) is 15.3 Å². The summed E-state index contributed by atoms with van der Waals surface area (Å²) in [6.07, 6.45) is 3.02. The number of nitrogens with zero attached hydrogens (tertiary/aromatic N) is 1. The van der Waals surface area contributed by atoms with E-state index in [4.69, 9.17) is 4.98 Å². The maximum atomic E-state index is 13.4. The Bertz CT molecular complexity index is 1110. The average molecular weight is 410 g/mol. The van der Waals surface area contributed by atoms with Crippen LogP contribution in [0.4, 0.5) is 0 Å². The van der Waals surface area contributed by atoms with E-state index in [2.05, 4.69) is 29.4 Å². The van der Waals surface area contributed by atoms with Gasteiger partial charge in [-0.25, -0.2) is 4.98 Å². The van der Waals surface area contributed by atoms with Gasteiger partial charge < -0.3 is 10.3 Å². The maximum absolute atomic E-state index is 13.4. The van der Waals surface area contributed by atoms with Crippen LogP contribution in [0, 0.1) is 0 Å². The molecule has 4 heteroatoms. The van der Waals surface area contributed by atoms with E-state index in [9.17, 15) is 4.79 Å². The Hall–Kier alpha value is -3.66. The van der Waals surface area contributed by atoms with Crippen LogP contribution in [0.15, 0.2) is 91.0 Å². The molecule has 3 aromatic carbocycles. The molecule has 0 fully saturated rings. The zero-order valence-corrected chi connectivity index (χ0v) is 17.7. The van der Waals surface area contributed by atoms with Gasteiger partial charge in [0, 0.05) is 11.1 Å². The van der Waals surface area contributed by atoms with Gasteiger partial charge in [-0.2, -0.15) is 0 Å². The predicted molar refractivity (Wildman–Crippen MR) is 126 cm³/mol. The van der Waals surface area contributed by atoms with E-state index in [0.29, 0.717) is 17.2 Å². The molecule has 1 aromatic heterocycles. The lowest BCUT2D eigenvalue weighted by Gasteiger charge is -2.19. The van der Waals surface area contributed by atoms with Crippen molar-refractivity contribution in [2.75, 3.05) is 0 Å². The highest BCUT2D eigenvalue weighted by atomic mass is 16.2. The van der Waals surface area contributed by atoms with Crippen LogP contribution in [0.1, 0.15) is 48.3 Å². The smallest absolute Gasteiger partial charge is 0.270 e. The fraction of sp³-hybridized carbons (Fsp3) is 0.185. The van der Waals surface area contributed by atoms with Gasteiger partial charge in [-0.15, -0.1) is 0 Å². The molecule has 1 atom stereocenters. The van der Waals surface area contributed by atoms with Gasteiger partial charge in [-0.1, -0.05) is 111 Å². The zero-order chi connectivity index (χ0) is 21.5. The lowest BCUT2D eigenvalue weighted by Crippen LogP contribution is -2.29. The third kappa shape index (κ3) is 4.92. The molecule has 1 unspecified atom stereocenters. The molecule has 156 valence electrons. The number of aromatic nitrogens is 2. The number of hydrogen-bond donors (Lipinski definition) is 2. The molecular weight excluding hydrogens is 382 g/mol. The second-order valence-electron chi connectivity index (χ2n) is 7.62. The Morgan fingerprint density at radius 2 is 1.45 bits per heavy atom. The standard InChI is InChI=1S/C27H27N3O/c1-2-3-19-23(20-13-7-4-8-14-20)28-27(31)25-24(21-15-9-5-10-16-21)29-26(30-25)22-17-11-6-12-18-22/h4-18,23H,2-3,19H2,1H3,(H,28,31)(H,29,30). The van der Waals surface area contributed by atoms with Crippen LogP contribution in [0.25, 0.3) is 22.6 Å². The zero-order valence-electron chi connectivity index (χ0n) is 17.7. The molecule has 0 aliphatic carbocycles. The van der Waals surface area contributed by atoms with Crippen molar-refractivity contribution in [3.8, 4) is 22.6 Å². The number of H-pyrrole nitrogens is 1. The van der Waals surface area contributed by atoms with E-state index in [1.165, 1.54) is 0 Å². The van der Waals surface area contributed by atoms with E-state index >= 15 is 0 Å². The number of amides is 1. The number of unbranched alkanes of at least 4 members (excludes halogenated alkanes) is 1. The first-order valence-corrected chi connectivity index (χ1v) is 10.8. The fourth-order valence-corrected chi connectivity index (χ4v) is 3.72. The largest absolute Gasteiger partial charge is 0.344 e.